The number of likely N-dealkylation sites (N-methyl/N-ethyl adjacent to an activating group) is 1. The van der Waals surface area contributed by atoms with Crippen LogP contribution in [0, 0.1) is 12.7 Å². The molecule has 0 spiro atoms. The number of anilines is 1. The van der Waals surface area contributed by atoms with Crippen LogP contribution in [0.2, 0.25) is 5.02 Å². The van der Waals surface area contributed by atoms with Crippen molar-refractivity contribution in [1.82, 2.24) is 9.80 Å². The molecule has 0 radical (unpaired) electrons. The highest BCUT2D eigenvalue weighted by molar-refractivity contribution is 6.34. The number of piperazine rings is 1. The van der Waals surface area contributed by atoms with Gasteiger partial charge in [-0.25, -0.2) is 14.0 Å². The van der Waals surface area contributed by atoms with Crippen molar-refractivity contribution in [2.24, 2.45) is 0 Å². The van der Waals surface area contributed by atoms with Crippen LogP contribution in [0.4, 0.5) is 10.1 Å². The number of aryl methyl sites for hydroxylation is 1. The Balaban J connectivity index is 1.45. The molecule has 39 heavy (non-hydrogen) atoms. The fourth-order valence-corrected chi connectivity index (χ4v) is 5.80. The van der Waals surface area contributed by atoms with Gasteiger partial charge in [0.25, 0.3) is 5.91 Å². The van der Waals surface area contributed by atoms with E-state index in [0.29, 0.717) is 24.2 Å². The maximum atomic E-state index is 14.8. The molecule has 5 rings (SSSR count). The second-order valence-corrected chi connectivity index (χ2v) is 10.4. The summed E-state index contributed by atoms with van der Waals surface area (Å²) >= 11 is 5.86. The van der Waals surface area contributed by atoms with Gasteiger partial charge in [-0.05, 0) is 50.2 Å². The molecule has 1 amide bonds. The molecular weight excluding hydrogens is 529 g/mol. The predicted octanol–water partition coefficient (Wildman–Crippen LogP) is 3.56. The number of nitrogens with zero attached hydrogens (tertiary/aromatic N) is 3. The number of hydrogen-bond donors (Lipinski definition) is 1. The summed E-state index contributed by atoms with van der Waals surface area (Å²) in [4.78, 5) is 43.4. The number of carbonyl (C=O) groups is 2. The molecule has 9 nitrogen and oxygen atoms in total. The van der Waals surface area contributed by atoms with Crippen molar-refractivity contribution in [2.75, 3.05) is 51.8 Å². The van der Waals surface area contributed by atoms with Crippen LogP contribution in [0.1, 0.15) is 37.4 Å². The van der Waals surface area contributed by atoms with E-state index in [4.69, 9.17) is 25.9 Å². The number of fused-ring (bicyclic) bond motifs is 3. The Labute approximate surface area is 229 Å². The maximum absolute atomic E-state index is 14.8. The van der Waals surface area contributed by atoms with E-state index in [1.165, 1.54) is 4.90 Å². The average molecular weight is 558 g/mol. The first-order valence-corrected chi connectivity index (χ1v) is 13.0. The first kappa shape index (κ1) is 27.1. The Kier molecular flexibility index (Phi) is 7.37. The highest BCUT2D eigenvalue weighted by atomic mass is 35.5. The number of carbonyl (C=O) groups excluding carboxylic acids is 1. The summed E-state index contributed by atoms with van der Waals surface area (Å²) in [5, 5.41) is 9.34. The molecule has 206 valence electrons. The third kappa shape index (κ3) is 4.77. The van der Waals surface area contributed by atoms with E-state index >= 15 is 0 Å². The average Bonchev–Trinajstić information content (AvgIpc) is 2.91. The minimum absolute atomic E-state index is 0.0534. The van der Waals surface area contributed by atoms with Crippen molar-refractivity contribution in [3.63, 3.8) is 0 Å². The van der Waals surface area contributed by atoms with E-state index in [-0.39, 0.29) is 24.7 Å². The number of amides is 1. The van der Waals surface area contributed by atoms with Gasteiger partial charge in [-0.15, -0.1) is 0 Å². The van der Waals surface area contributed by atoms with Crippen molar-refractivity contribution < 1.29 is 28.2 Å². The first-order chi connectivity index (χ1) is 18.6. The molecule has 3 aromatic rings. The van der Waals surface area contributed by atoms with Crippen molar-refractivity contribution in [2.45, 2.75) is 25.9 Å². The van der Waals surface area contributed by atoms with Crippen molar-refractivity contribution in [3.8, 4) is 0 Å². The third-order valence-electron chi connectivity index (χ3n) is 7.80. The summed E-state index contributed by atoms with van der Waals surface area (Å²) in [6, 6.07) is 6.46. The molecule has 0 aliphatic carbocycles. The lowest BCUT2D eigenvalue weighted by atomic mass is 9.95. The van der Waals surface area contributed by atoms with E-state index < -0.39 is 33.9 Å². The van der Waals surface area contributed by atoms with Gasteiger partial charge in [0.1, 0.15) is 5.58 Å². The monoisotopic (exact) mass is 557 g/mol. The summed E-state index contributed by atoms with van der Waals surface area (Å²) in [6.07, 6.45) is 0.384. The molecule has 0 unspecified atom stereocenters. The van der Waals surface area contributed by atoms with E-state index in [0.717, 1.165) is 54.0 Å². The zero-order chi connectivity index (χ0) is 28.0. The van der Waals surface area contributed by atoms with Crippen LogP contribution in [0.3, 0.4) is 0 Å². The molecular formula is C28H29ClFN3O6. The highest BCUT2D eigenvalue weighted by Crippen LogP contribution is 2.34. The Morgan fingerprint density at radius 1 is 1.15 bits per heavy atom. The van der Waals surface area contributed by atoms with Crippen LogP contribution in [0.15, 0.2) is 33.5 Å². The molecule has 1 N–H and O–H groups in total. The van der Waals surface area contributed by atoms with Crippen LogP contribution in [-0.2, 0) is 17.7 Å². The fourth-order valence-electron chi connectivity index (χ4n) is 5.56. The van der Waals surface area contributed by atoms with Crippen LogP contribution in [-0.4, -0.2) is 79.8 Å². The molecule has 0 bridgehead atoms. The Morgan fingerprint density at radius 3 is 2.62 bits per heavy atom. The molecule has 0 saturated carbocycles. The number of methoxy groups -OCH3 is 1. The van der Waals surface area contributed by atoms with Gasteiger partial charge in [-0.2, -0.15) is 0 Å². The number of halogens is 2. The number of benzene rings is 2. The van der Waals surface area contributed by atoms with Gasteiger partial charge in [0.2, 0.25) is 0 Å². The van der Waals surface area contributed by atoms with E-state index in [1.54, 1.807) is 7.11 Å². The van der Waals surface area contributed by atoms with Gasteiger partial charge >= 0.3 is 11.6 Å². The van der Waals surface area contributed by atoms with Crippen LogP contribution in [0.5, 0.6) is 0 Å². The van der Waals surface area contributed by atoms with Gasteiger partial charge in [0.05, 0.1) is 40.9 Å². The van der Waals surface area contributed by atoms with Crippen LogP contribution >= 0.6 is 11.6 Å². The molecule has 1 saturated heterocycles. The maximum Gasteiger partial charge on any atom is 0.341 e. The first-order valence-electron chi connectivity index (χ1n) is 12.6. The lowest BCUT2D eigenvalue weighted by Crippen LogP contribution is -2.53. The number of carboxylic acids is 1. The van der Waals surface area contributed by atoms with Crippen molar-refractivity contribution >= 4 is 40.1 Å². The van der Waals surface area contributed by atoms with Gasteiger partial charge in [-0.1, -0.05) is 11.6 Å². The summed E-state index contributed by atoms with van der Waals surface area (Å²) in [6.45, 7) is 5.27. The molecule has 3 heterocycles. The predicted molar refractivity (Wildman–Crippen MR) is 145 cm³/mol. The second kappa shape index (κ2) is 10.6. The number of carboxylic acid groups (broad SMARTS) is 1. The second-order valence-electron chi connectivity index (χ2n) is 10.0. The summed E-state index contributed by atoms with van der Waals surface area (Å²) in [5.74, 6) is -3.17. The van der Waals surface area contributed by atoms with Gasteiger partial charge in [0, 0.05) is 49.9 Å². The smallest absolute Gasteiger partial charge is 0.341 e. The number of hydrogen-bond acceptors (Lipinski definition) is 7. The number of ether oxygens (including phenoxy) is 1. The molecule has 1 atom stereocenters. The van der Waals surface area contributed by atoms with Gasteiger partial charge in [-0.3, -0.25) is 9.69 Å². The third-order valence-corrected chi connectivity index (χ3v) is 8.17. The molecule has 2 aliphatic rings. The quantitative estimate of drug-likeness (QED) is 0.475. The zero-order valence-corrected chi connectivity index (χ0v) is 22.7. The largest absolute Gasteiger partial charge is 0.478 e. The van der Waals surface area contributed by atoms with Crippen molar-refractivity contribution in [1.29, 1.82) is 0 Å². The summed E-state index contributed by atoms with van der Waals surface area (Å²) in [7, 11) is 3.78. The van der Waals surface area contributed by atoms with Crippen LogP contribution in [0.25, 0.3) is 11.0 Å². The van der Waals surface area contributed by atoms with Gasteiger partial charge < -0.3 is 24.1 Å². The Hall–Kier alpha value is -3.47. The standard InChI is InChI=1S/C28H29ClFN3O6/c1-15-22(32-11-10-31(2)16(12-32)14-38-3)7-6-18-17-8-9-33(13-21(17)28(37)39-25(15)18)26(34)20-5-4-19(27(35)36)23(29)24(20)30/h4-7,16H,8-14H2,1-3H3,(H,35,36)/t16-/m1/s1. The SMILES string of the molecule is COC[C@H]1CN(c2ccc3c4c(c(=O)oc3c2C)CN(C(=O)c2ccc(C(=O)O)c(Cl)c2F)CC4)CCN1C. The van der Waals surface area contributed by atoms with Gasteiger partial charge in [0.15, 0.2) is 5.82 Å². The molecule has 2 aliphatic heterocycles. The lowest BCUT2D eigenvalue weighted by molar-refractivity contribution is 0.0690. The van der Waals surface area contributed by atoms with Crippen LogP contribution < -0.4 is 10.5 Å². The van der Waals surface area contributed by atoms with E-state index in [9.17, 15) is 18.8 Å². The summed E-state index contributed by atoms with van der Waals surface area (Å²) < 4.78 is 26.0. The fraction of sp³-hybridized carbons (Fsp3) is 0.393. The molecule has 1 fully saturated rings. The molecule has 11 heteroatoms. The van der Waals surface area contributed by atoms with E-state index in [1.807, 2.05) is 19.1 Å². The molecule has 1 aromatic heterocycles. The van der Waals surface area contributed by atoms with Crippen molar-refractivity contribution in [3.05, 3.63) is 73.3 Å². The highest BCUT2D eigenvalue weighted by Gasteiger charge is 2.31. The minimum Gasteiger partial charge on any atom is -0.478 e. The normalized spacial score (nSPS) is 17.9. The minimum atomic E-state index is -1.39. The Morgan fingerprint density at radius 2 is 1.90 bits per heavy atom. The summed E-state index contributed by atoms with van der Waals surface area (Å²) in [5.41, 5.74) is 2.26. The number of rotatable bonds is 5. The zero-order valence-electron chi connectivity index (χ0n) is 21.9. The molecule has 2 aromatic carbocycles. The topological polar surface area (TPSA) is 104 Å². The van der Waals surface area contributed by atoms with E-state index in [2.05, 4.69) is 16.8 Å². The number of aromatic carboxylic acids is 1. The Bertz CT molecular complexity index is 1540. The lowest BCUT2D eigenvalue weighted by Gasteiger charge is -2.41.